The maximum Gasteiger partial charge on any atom is 0.244 e. The smallest absolute Gasteiger partial charge is 0.244 e. The number of carbonyl (C=O) groups is 2. The summed E-state index contributed by atoms with van der Waals surface area (Å²) in [5.74, 6) is -1.75. The van der Waals surface area contributed by atoms with Gasteiger partial charge in [-0.25, -0.2) is 12.8 Å². The topological polar surface area (TPSA) is 86.8 Å². The number of hydrogen-bond donors (Lipinski definition) is 1. The minimum absolute atomic E-state index is 0.00936. The average Bonchev–Trinajstić information content (AvgIpc) is 2.86. The highest BCUT2D eigenvalue weighted by Crippen LogP contribution is 2.25. The molecule has 0 heterocycles. The van der Waals surface area contributed by atoms with Crippen molar-refractivity contribution < 1.29 is 22.4 Å². The third kappa shape index (κ3) is 7.67. The highest BCUT2D eigenvalue weighted by molar-refractivity contribution is 7.92. The van der Waals surface area contributed by atoms with Crippen molar-refractivity contribution in [1.82, 2.24) is 10.2 Å². The zero-order chi connectivity index (χ0) is 27.2. The van der Waals surface area contributed by atoms with Crippen LogP contribution in [0.4, 0.5) is 10.1 Å². The molecule has 3 aromatic rings. The van der Waals surface area contributed by atoms with E-state index >= 15 is 0 Å². The van der Waals surface area contributed by atoms with Crippen molar-refractivity contribution in [2.45, 2.75) is 19.0 Å². The van der Waals surface area contributed by atoms with E-state index in [9.17, 15) is 22.4 Å². The van der Waals surface area contributed by atoms with Crippen LogP contribution in [-0.2, 0) is 32.6 Å². The predicted octanol–water partition coefficient (Wildman–Crippen LogP) is 4.28. The number of carbonyl (C=O) groups excluding carboxylic acids is 2. The molecule has 0 aliphatic heterocycles. The molecule has 0 aliphatic rings. The Hall–Kier alpha value is -3.14. The molecule has 0 saturated carbocycles. The molecule has 37 heavy (non-hydrogen) atoms. The Morgan fingerprint density at radius 2 is 1.65 bits per heavy atom. The summed E-state index contributed by atoms with van der Waals surface area (Å²) in [6, 6.07) is 17.9. The maximum absolute atomic E-state index is 13.9. The molecule has 196 valence electrons. The van der Waals surface area contributed by atoms with Gasteiger partial charge in [0.2, 0.25) is 21.8 Å². The number of rotatable bonds is 10. The Bertz CT molecular complexity index is 1370. The fourth-order valence-corrected chi connectivity index (χ4v) is 4.96. The average molecular weight is 566 g/mol. The molecular weight excluding hydrogens is 540 g/mol. The van der Waals surface area contributed by atoms with Gasteiger partial charge in [-0.1, -0.05) is 65.7 Å². The Labute approximate surface area is 225 Å². The number of hydrogen-bond acceptors (Lipinski definition) is 4. The summed E-state index contributed by atoms with van der Waals surface area (Å²) in [6.45, 7) is -0.701. The Balaban J connectivity index is 2.04. The Morgan fingerprint density at radius 1 is 0.946 bits per heavy atom. The van der Waals surface area contributed by atoms with Gasteiger partial charge in [0.25, 0.3) is 0 Å². The first-order valence-electron chi connectivity index (χ1n) is 11.2. The number of benzene rings is 3. The number of sulfonamides is 1. The first-order valence-corrected chi connectivity index (χ1v) is 13.8. The summed E-state index contributed by atoms with van der Waals surface area (Å²) >= 11 is 12.2. The predicted molar refractivity (Wildman–Crippen MR) is 144 cm³/mol. The number of anilines is 1. The van der Waals surface area contributed by atoms with Crippen LogP contribution in [0.15, 0.2) is 72.8 Å². The van der Waals surface area contributed by atoms with Crippen molar-refractivity contribution in [3.63, 3.8) is 0 Å². The van der Waals surface area contributed by atoms with Gasteiger partial charge in [0.1, 0.15) is 18.4 Å². The minimum atomic E-state index is -3.98. The zero-order valence-corrected chi connectivity index (χ0v) is 22.5. The third-order valence-corrected chi connectivity index (χ3v) is 7.51. The van der Waals surface area contributed by atoms with E-state index in [0.29, 0.717) is 10.6 Å². The molecule has 0 aromatic heterocycles. The van der Waals surface area contributed by atoms with Gasteiger partial charge in [0.05, 0.1) is 22.0 Å². The van der Waals surface area contributed by atoms with Gasteiger partial charge in [0, 0.05) is 20.0 Å². The summed E-state index contributed by atoms with van der Waals surface area (Å²) in [6.07, 6.45) is 1.10. The standard InChI is InChI=1S/C26H26Cl2FN3O4S/c1-30-26(34)24(14-18-7-4-3-5-8-18)31(16-19-11-12-22(27)23(28)13-19)25(33)17-32(37(2,35)36)21-10-6-9-20(29)15-21/h3-13,15,24H,14,16-17H2,1-2H3,(H,30,34)/t24-/m0/s1. The van der Waals surface area contributed by atoms with Crippen LogP contribution in [0.5, 0.6) is 0 Å². The van der Waals surface area contributed by atoms with Gasteiger partial charge in [-0.05, 0) is 41.5 Å². The molecule has 0 bridgehead atoms. The van der Waals surface area contributed by atoms with Crippen LogP contribution in [0.3, 0.4) is 0 Å². The lowest BCUT2D eigenvalue weighted by Crippen LogP contribution is -2.52. The lowest BCUT2D eigenvalue weighted by atomic mass is 10.0. The van der Waals surface area contributed by atoms with E-state index in [0.717, 1.165) is 22.2 Å². The molecule has 1 atom stereocenters. The molecule has 11 heteroatoms. The molecule has 0 saturated heterocycles. The Morgan fingerprint density at radius 3 is 2.24 bits per heavy atom. The lowest BCUT2D eigenvalue weighted by Gasteiger charge is -2.33. The van der Waals surface area contributed by atoms with Gasteiger partial charge >= 0.3 is 0 Å². The monoisotopic (exact) mass is 565 g/mol. The van der Waals surface area contributed by atoms with Crippen molar-refractivity contribution in [3.05, 3.63) is 99.8 Å². The molecule has 0 spiro atoms. The number of nitrogens with zero attached hydrogens (tertiary/aromatic N) is 2. The minimum Gasteiger partial charge on any atom is -0.357 e. The van der Waals surface area contributed by atoms with Gasteiger partial charge < -0.3 is 10.2 Å². The second kappa shape index (κ2) is 12.4. The number of likely N-dealkylation sites (N-methyl/N-ethyl adjacent to an activating group) is 1. The van der Waals surface area contributed by atoms with E-state index in [4.69, 9.17) is 23.2 Å². The fourth-order valence-electron chi connectivity index (χ4n) is 3.80. The van der Waals surface area contributed by atoms with Crippen LogP contribution < -0.4 is 9.62 Å². The summed E-state index contributed by atoms with van der Waals surface area (Å²) in [7, 11) is -2.52. The molecule has 3 aromatic carbocycles. The van der Waals surface area contributed by atoms with Crippen LogP contribution in [0.25, 0.3) is 0 Å². The normalized spacial score (nSPS) is 12.0. The van der Waals surface area contributed by atoms with E-state index < -0.39 is 40.2 Å². The second-order valence-corrected chi connectivity index (χ2v) is 11.1. The number of nitrogens with one attached hydrogen (secondary N) is 1. The van der Waals surface area contributed by atoms with Crippen LogP contribution in [-0.4, -0.2) is 51.0 Å². The summed E-state index contributed by atoms with van der Waals surface area (Å²) in [5, 5.41) is 3.18. The van der Waals surface area contributed by atoms with E-state index in [2.05, 4.69) is 5.32 Å². The van der Waals surface area contributed by atoms with Crippen LogP contribution in [0, 0.1) is 5.82 Å². The molecule has 0 aliphatic carbocycles. The molecule has 1 N–H and O–H groups in total. The highest BCUT2D eigenvalue weighted by atomic mass is 35.5. The largest absolute Gasteiger partial charge is 0.357 e. The first-order chi connectivity index (χ1) is 17.5. The van der Waals surface area contributed by atoms with Crippen molar-refractivity contribution in [1.29, 1.82) is 0 Å². The Kier molecular flexibility index (Phi) is 9.53. The molecule has 7 nitrogen and oxygen atoms in total. The van der Waals surface area contributed by atoms with Crippen molar-refractivity contribution in [2.24, 2.45) is 0 Å². The molecular formula is C26H26Cl2FN3O4S. The van der Waals surface area contributed by atoms with Crippen molar-refractivity contribution >= 4 is 50.7 Å². The summed E-state index contributed by atoms with van der Waals surface area (Å²) < 4.78 is 39.9. The van der Waals surface area contributed by atoms with E-state index in [-0.39, 0.29) is 23.7 Å². The molecule has 3 rings (SSSR count). The SMILES string of the molecule is CNC(=O)[C@H](Cc1ccccc1)N(Cc1ccc(Cl)c(Cl)c1)C(=O)CN(c1cccc(F)c1)S(C)(=O)=O. The highest BCUT2D eigenvalue weighted by Gasteiger charge is 2.32. The maximum atomic E-state index is 13.9. The van der Waals surface area contributed by atoms with E-state index in [1.54, 1.807) is 18.2 Å². The van der Waals surface area contributed by atoms with E-state index in [1.165, 1.54) is 30.1 Å². The van der Waals surface area contributed by atoms with Crippen LogP contribution in [0.1, 0.15) is 11.1 Å². The molecule has 2 amide bonds. The number of amides is 2. The van der Waals surface area contributed by atoms with Gasteiger partial charge in [-0.2, -0.15) is 0 Å². The van der Waals surface area contributed by atoms with Crippen molar-refractivity contribution in [3.8, 4) is 0 Å². The third-order valence-electron chi connectivity index (χ3n) is 5.63. The molecule has 0 fully saturated rings. The van der Waals surface area contributed by atoms with E-state index in [1.807, 2.05) is 30.3 Å². The fraction of sp³-hybridized carbons (Fsp3) is 0.231. The first kappa shape index (κ1) is 28.4. The van der Waals surface area contributed by atoms with Gasteiger partial charge in [-0.15, -0.1) is 0 Å². The van der Waals surface area contributed by atoms with Crippen LogP contribution >= 0.6 is 23.2 Å². The quantitative estimate of drug-likeness (QED) is 0.397. The van der Waals surface area contributed by atoms with Gasteiger partial charge in [-0.3, -0.25) is 13.9 Å². The van der Waals surface area contributed by atoms with Crippen molar-refractivity contribution in [2.75, 3.05) is 24.2 Å². The van der Waals surface area contributed by atoms with Crippen LogP contribution in [0.2, 0.25) is 10.0 Å². The number of halogens is 3. The summed E-state index contributed by atoms with van der Waals surface area (Å²) in [5.41, 5.74) is 1.37. The molecule has 0 unspecified atom stereocenters. The molecule has 0 radical (unpaired) electrons. The lowest BCUT2D eigenvalue weighted by molar-refractivity contribution is -0.139. The summed E-state index contributed by atoms with van der Waals surface area (Å²) in [4.78, 5) is 28.1. The van der Waals surface area contributed by atoms with Gasteiger partial charge in [0.15, 0.2) is 0 Å². The second-order valence-electron chi connectivity index (χ2n) is 8.34. The zero-order valence-electron chi connectivity index (χ0n) is 20.2.